The summed E-state index contributed by atoms with van der Waals surface area (Å²) in [5, 5.41) is 5.55. The maximum atomic E-state index is 3.37. The molecule has 0 amide bonds. The summed E-state index contributed by atoms with van der Waals surface area (Å²) in [7, 11) is 0. The minimum Gasteiger partial charge on any atom is -0.126 e. The summed E-state index contributed by atoms with van der Waals surface area (Å²) in [5.41, 5.74) is 9.47. The Kier molecular flexibility index (Phi) is 11.3. The van der Waals surface area contributed by atoms with E-state index in [9.17, 15) is 0 Å². The van der Waals surface area contributed by atoms with Gasteiger partial charge in [0.1, 0.15) is 0 Å². The van der Waals surface area contributed by atoms with Gasteiger partial charge in [-0.2, -0.15) is 11.6 Å². The molecule has 4 aromatic carbocycles. The van der Waals surface area contributed by atoms with E-state index < -0.39 is 0 Å². The summed E-state index contributed by atoms with van der Waals surface area (Å²) in [5.74, 6) is 0.550. The molecule has 0 aromatic heterocycles. The molecule has 1 saturated carbocycles. The zero-order chi connectivity index (χ0) is 33.2. The monoisotopic (exact) mass is 674 g/mol. The minimum absolute atomic E-state index is 0.180. The SMILES string of the molecule is CC1[C-]=CC(C2(C)CCCCC2)=C1.C[C](=[Zr+2])c1ccccc1.Cc1cc2[cH-]c3cc(C)c(C(C)(C)C)cc3c2cc1C(C)(C)C. The molecule has 45 heavy (non-hydrogen) atoms. The van der Waals surface area contributed by atoms with Crippen LogP contribution in [0.4, 0.5) is 0 Å². The Hall–Kier alpha value is -2.24. The molecular weight excluding hydrogens is 620 g/mol. The van der Waals surface area contributed by atoms with Gasteiger partial charge >= 0.3 is 70.3 Å². The van der Waals surface area contributed by atoms with Crippen LogP contribution >= 0.6 is 0 Å². The second-order valence-corrected chi connectivity index (χ2v) is 17.8. The van der Waals surface area contributed by atoms with E-state index in [0.29, 0.717) is 11.3 Å². The first-order chi connectivity index (χ1) is 21.0. The number of fused-ring (bicyclic) bond motifs is 3. The Bertz CT molecular complexity index is 1610. The van der Waals surface area contributed by atoms with Crippen LogP contribution in [0.2, 0.25) is 0 Å². The van der Waals surface area contributed by atoms with Crippen molar-refractivity contribution in [1.29, 1.82) is 0 Å². The van der Waals surface area contributed by atoms with Crippen molar-refractivity contribution in [3.8, 4) is 0 Å². The standard InChI is InChI=1S/C23H29.C13H19.C8H8.Zr/c1-14-9-16-11-17-10-15(2)21(23(6,7)8)13-19(17)18(16)12-20(14)22(3,4)5;1-11-6-7-12(10-11)13(2)8-4-3-5-9-13;1-2-8-6-4-3-5-7-8;/h9-13H,1-8H3;7,10-11H,3-5,8-9H2,1-2H3;3-7H,1H3;/q2*-1;;+2. The van der Waals surface area contributed by atoms with Crippen molar-refractivity contribution in [2.45, 2.75) is 119 Å². The fraction of sp³-hybridized carbons (Fsp3) is 0.455. The maximum absolute atomic E-state index is 3.37. The number of allylic oxidation sites excluding steroid dienone is 4. The smallest absolute Gasteiger partial charge is 0.0142 e. The largest absolute Gasteiger partial charge is 0.126 e. The van der Waals surface area contributed by atoms with Gasteiger partial charge in [0.15, 0.2) is 0 Å². The van der Waals surface area contributed by atoms with E-state index in [-0.39, 0.29) is 10.8 Å². The fourth-order valence-electron chi connectivity index (χ4n) is 7.22. The van der Waals surface area contributed by atoms with Crippen LogP contribution in [0.25, 0.3) is 21.5 Å². The molecule has 1 atom stereocenters. The molecule has 0 heterocycles. The summed E-state index contributed by atoms with van der Waals surface area (Å²) in [6.07, 6.45) is 15.0. The molecule has 0 bridgehead atoms. The normalized spacial score (nSPS) is 17.8. The van der Waals surface area contributed by atoms with Crippen LogP contribution in [0.1, 0.15) is 122 Å². The first kappa shape index (κ1) is 35.6. The van der Waals surface area contributed by atoms with Gasteiger partial charge in [0.25, 0.3) is 0 Å². The van der Waals surface area contributed by atoms with E-state index in [2.05, 4.69) is 149 Å². The second kappa shape index (κ2) is 14.3. The first-order valence-electron chi connectivity index (χ1n) is 17.1. The number of hydrogen-bond donors (Lipinski definition) is 0. The Morgan fingerprint density at radius 3 is 1.67 bits per heavy atom. The van der Waals surface area contributed by atoms with E-state index in [4.69, 9.17) is 0 Å². The maximum Gasteiger partial charge on any atom is -0.0142 e. The predicted molar refractivity (Wildman–Crippen MR) is 196 cm³/mol. The van der Waals surface area contributed by atoms with Crippen LogP contribution in [-0.4, -0.2) is 3.21 Å². The van der Waals surface area contributed by atoms with Gasteiger partial charge in [0.2, 0.25) is 0 Å². The van der Waals surface area contributed by atoms with E-state index in [1.165, 1.54) is 109 Å². The number of hydrogen-bond acceptors (Lipinski definition) is 0. The van der Waals surface area contributed by atoms with Gasteiger partial charge < -0.3 is 0 Å². The van der Waals surface area contributed by atoms with Crippen molar-refractivity contribution in [3.63, 3.8) is 0 Å². The quantitative estimate of drug-likeness (QED) is 0.186. The third-order valence-corrected chi connectivity index (χ3v) is 10.5. The molecule has 1 heteroatoms. The van der Waals surface area contributed by atoms with Crippen LogP contribution in [0.15, 0.2) is 78.4 Å². The summed E-state index contributed by atoms with van der Waals surface area (Å²) < 4.78 is 1.46. The van der Waals surface area contributed by atoms with E-state index in [0.717, 1.165) is 0 Å². The summed E-state index contributed by atoms with van der Waals surface area (Å²) in [6, 6.07) is 22.4. The molecule has 0 N–H and O–H groups in total. The van der Waals surface area contributed by atoms with E-state index >= 15 is 0 Å². The van der Waals surface area contributed by atoms with Crippen molar-refractivity contribution in [1.82, 2.24) is 0 Å². The molecule has 0 saturated heterocycles. The first-order valence-corrected chi connectivity index (χ1v) is 18.3. The van der Waals surface area contributed by atoms with Crippen molar-refractivity contribution in [2.75, 3.05) is 0 Å². The van der Waals surface area contributed by atoms with E-state index in [1.807, 2.05) is 6.07 Å². The summed E-state index contributed by atoms with van der Waals surface area (Å²) in [6.45, 7) is 25.1. The minimum atomic E-state index is 0.180. The molecule has 0 radical (unpaired) electrons. The Labute approximate surface area is 290 Å². The van der Waals surface area contributed by atoms with Crippen molar-refractivity contribution >= 4 is 24.8 Å². The van der Waals surface area contributed by atoms with Crippen LogP contribution in [0.3, 0.4) is 0 Å². The molecule has 236 valence electrons. The van der Waals surface area contributed by atoms with Gasteiger partial charge in [0, 0.05) is 0 Å². The van der Waals surface area contributed by atoms with Gasteiger partial charge in [-0.3, -0.25) is 6.08 Å². The predicted octanol–water partition coefficient (Wildman–Crippen LogP) is 12.6. The average Bonchev–Trinajstić information content (AvgIpc) is 3.55. The Balaban J connectivity index is 0.000000175. The third-order valence-electron chi connectivity index (χ3n) is 9.80. The molecule has 6 rings (SSSR count). The third kappa shape index (κ3) is 8.77. The topological polar surface area (TPSA) is 0 Å². The molecule has 0 nitrogen and oxygen atoms in total. The van der Waals surface area contributed by atoms with Crippen LogP contribution in [-0.2, 0) is 35.1 Å². The molecule has 4 aromatic rings. The zero-order valence-electron chi connectivity index (χ0n) is 30.0. The van der Waals surface area contributed by atoms with Crippen molar-refractivity contribution in [3.05, 3.63) is 112 Å². The van der Waals surface area contributed by atoms with E-state index in [1.54, 1.807) is 5.57 Å². The zero-order valence-corrected chi connectivity index (χ0v) is 32.5. The number of aryl methyl sites for hydroxylation is 2. The molecule has 1 fully saturated rings. The fourth-order valence-corrected chi connectivity index (χ4v) is 7.63. The van der Waals surface area contributed by atoms with Crippen molar-refractivity contribution in [2.24, 2.45) is 11.3 Å². The Morgan fingerprint density at radius 1 is 0.800 bits per heavy atom. The summed E-state index contributed by atoms with van der Waals surface area (Å²) in [4.78, 5) is 0. The van der Waals surface area contributed by atoms with Gasteiger partial charge in [-0.25, -0.2) is 6.08 Å². The molecule has 2 aliphatic rings. The number of benzene rings is 3. The Morgan fingerprint density at radius 2 is 1.29 bits per heavy atom. The van der Waals surface area contributed by atoms with Gasteiger partial charge in [-0.15, -0.1) is 39.7 Å². The molecule has 1 unspecified atom stereocenters. The van der Waals surface area contributed by atoms with Crippen molar-refractivity contribution < 1.29 is 24.2 Å². The molecule has 0 aliphatic heterocycles. The van der Waals surface area contributed by atoms with Crippen LogP contribution in [0, 0.1) is 31.3 Å². The number of rotatable bonds is 2. The van der Waals surface area contributed by atoms with Gasteiger partial charge in [-0.1, -0.05) is 133 Å². The molecular formula is C44H56Zr. The molecule has 2 aliphatic carbocycles. The van der Waals surface area contributed by atoms with Crippen LogP contribution in [0.5, 0.6) is 0 Å². The van der Waals surface area contributed by atoms with Gasteiger partial charge in [-0.05, 0) is 24.7 Å². The molecule has 0 spiro atoms. The van der Waals surface area contributed by atoms with Crippen LogP contribution < -0.4 is 0 Å². The average molecular weight is 676 g/mol. The second-order valence-electron chi connectivity index (χ2n) is 16.0. The summed E-state index contributed by atoms with van der Waals surface area (Å²) >= 11 is 1.51. The van der Waals surface area contributed by atoms with Gasteiger partial charge in [0.05, 0.1) is 0 Å².